The summed E-state index contributed by atoms with van der Waals surface area (Å²) in [5, 5.41) is 6.86. The molecule has 0 amide bonds. The van der Waals surface area contributed by atoms with E-state index in [4.69, 9.17) is 9.47 Å². The molecule has 1 heterocycles. The maximum Gasteiger partial charge on any atom is 0.191 e. The van der Waals surface area contributed by atoms with Crippen LogP contribution in [0.4, 0.5) is 5.69 Å². The van der Waals surface area contributed by atoms with Crippen molar-refractivity contribution in [2.24, 2.45) is 4.99 Å². The number of aliphatic imine (C=N–C) groups is 1. The van der Waals surface area contributed by atoms with Crippen molar-refractivity contribution < 1.29 is 13.7 Å². The van der Waals surface area contributed by atoms with Crippen molar-refractivity contribution in [1.29, 1.82) is 0 Å². The first-order chi connectivity index (χ1) is 14.3. The molecule has 0 spiro atoms. The molecule has 7 nitrogen and oxygen atoms in total. The number of rotatable bonds is 8. The molecule has 1 atom stereocenters. The standard InChI is InChI=1S/C22H38N4O3S/c1-7-23-21(24-10-13-30(27)22(2,3)4)25-17-8-11-26(12-9-17)18-14-19(28-5)16-20(15-18)29-6/h14-17H,7-13H2,1-6H3,(H2,23,24,25). The Morgan fingerprint density at radius 2 is 1.77 bits per heavy atom. The fraction of sp³-hybridized carbons (Fsp3) is 0.682. The molecule has 8 heteroatoms. The molecule has 0 bridgehead atoms. The molecule has 1 aromatic carbocycles. The number of nitrogens with zero attached hydrogens (tertiary/aromatic N) is 2. The van der Waals surface area contributed by atoms with Crippen molar-refractivity contribution in [2.75, 3.05) is 51.1 Å². The molecule has 0 radical (unpaired) electrons. The molecule has 1 fully saturated rings. The zero-order chi connectivity index (χ0) is 22.1. The van der Waals surface area contributed by atoms with E-state index in [-0.39, 0.29) is 4.75 Å². The Hall–Kier alpha value is -1.96. The minimum atomic E-state index is -0.886. The van der Waals surface area contributed by atoms with Gasteiger partial charge in [-0.05, 0) is 40.5 Å². The number of hydrogen-bond donors (Lipinski definition) is 2. The Kier molecular flexibility index (Phi) is 9.27. The third-order valence-electron chi connectivity index (χ3n) is 5.11. The van der Waals surface area contributed by atoms with Crippen LogP contribution >= 0.6 is 0 Å². The Morgan fingerprint density at radius 1 is 1.17 bits per heavy atom. The van der Waals surface area contributed by atoms with E-state index in [1.54, 1.807) is 14.2 Å². The zero-order valence-corrected chi connectivity index (χ0v) is 20.1. The molecule has 2 N–H and O–H groups in total. The summed E-state index contributed by atoms with van der Waals surface area (Å²) in [6.45, 7) is 11.3. The second-order valence-electron chi connectivity index (χ2n) is 8.40. The van der Waals surface area contributed by atoms with Crippen molar-refractivity contribution in [2.45, 2.75) is 51.3 Å². The molecule has 0 saturated carbocycles. The van der Waals surface area contributed by atoms with Gasteiger partial charge >= 0.3 is 0 Å². The highest BCUT2D eigenvalue weighted by Gasteiger charge is 2.22. The summed E-state index contributed by atoms with van der Waals surface area (Å²) in [5.74, 6) is 3.00. The SMILES string of the molecule is CCNC(=NCCS(=O)C(C)(C)C)NC1CCN(c2cc(OC)cc(OC)c2)CC1. The van der Waals surface area contributed by atoms with E-state index in [9.17, 15) is 4.21 Å². The minimum absolute atomic E-state index is 0.197. The summed E-state index contributed by atoms with van der Waals surface area (Å²) < 4.78 is 22.8. The second-order valence-corrected chi connectivity index (χ2v) is 10.7. The average Bonchev–Trinajstić information content (AvgIpc) is 2.73. The summed E-state index contributed by atoms with van der Waals surface area (Å²) in [6, 6.07) is 6.36. The lowest BCUT2D eigenvalue weighted by Gasteiger charge is -2.34. The van der Waals surface area contributed by atoms with Crippen LogP contribution in [-0.2, 0) is 10.8 Å². The summed E-state index contributed by atoms with van der Waals surface area (Å²) in [5.41, 5.74) is 1.12. The number of methoxy groups -OCH3 is 2. The fourth-order valence-electron chi connectivity index (χ4n) is 3.32. The monoisotopic (exact) mass is 438 g/mol. The third-order valence-corrected chi connectivity index (χ3v) is 7.03. The summed E-state index contributed by atoms with van der Waals surface area (Å²) in [4.78, 5) is 7.00. The van der Waals surface area contributed by atoms with Crippen LogP contribution in [0.1, 0.15) is 40.5 Å². The van der Waals surface area contributed by atoms with Gasteiger partial charge in [-0.25, -0.2) is 0 Å². The van der Waals surface area contributed by atoms with Crippen molar-refractivity contribution in [3.8, 4) is 11.5 Å². The molecule has 1 aliphatic heterocycles. The van der Waals surface area contributed by atoms with Crippen molar-refractivity contribution in [3.05, 3.63) is 18.2 Å². The molecule has 2 rings (SSSR count). The maximum absolute atomic E-state index is 12.2. The molecule has 1 saturated heterocycles. The van der Waals surface area contributed by atoms with Crippen LogP contribution in [0.2, 0.25) is 0 Å². The van der Waals surface area contributed by atoms with E-state index >= 15 is 0 Å². The van der Waals surface area contributed by atoms with Gasteiger partial charge in [-0.15, -0.1) is 0 Å². The van der Waals surface area contributed by atoms with Gasteiger partial charge in [0.25, 0.3) is 0 Å². The van der Waals surface area contributed by atoms with Gasteiger partial charge in [0.15, 0.2) is 5.96 Å². The molecule has 0 aliphatic carbocycles. The number of benzene rings is 1. The van der Waals surface area contributed by atoms with Crippen molar-refractivity contribution in [3.63, 3.8) is 0 Å². The van der Waals surface area contributed by atoms with Gasteiger partial charge in [-0.1, -0.05) is 0 Å². The van der Waals surface area contributed by atoms with Gasteiger partial charge < -0.3 is 25.0 Å². The van der Waals surface area contributed by atoms with Gasteiger partial charge in [0, 0.05) is 70.9 Å². The first-order valence-corrected chi connectivity index (χ1v) is 12.0. The molecular formula is C22H38N4O3S. The average molecular weight is 439 g/mol. The van der Waals surface area contributed by atoms with Crippen LogP contribution < -0.4 is 25.0 Å². The summed E-state index contributed by atoms with van der Waals surface area (Å²) in [7, 11) is 2.46. The highest BCUT2D eigenvalue weighted by molar-refractivity contribution is 7.86. The lowest BCUT2D eigenvalue weighted by atomic mass is 10.0. The van der Waals surface area contributed by atoms with E-state index in [2.05, 4.69) is 39.6 Å². The van der Waals surface area contributed by atoms with E-state index in [1.807, 2.05) is 26.8 Å². The topological polar surface area (TPSA) is 75.2 Å². The Labute approximate surface area is 184 Å². The fourth-order valence-corrected chi connectivity index (χ4v) is 4.19. The van der Waals surface area contributed by atoms with E-state index in [0.29, 0.717) is 18.3 Å². The van der Waals surface area contributed by atoms with Gasteiger partial charge in [-0.3, -0.25) is 9.20 Å². The van der Waals surface area contributed by atoms with E-state index < -0.39 is 10.8 Å². The Bertz CT molecular complexity index is 703. The van der Waals surface area contributed by atoms with Crippen LogP contribution in [0.3, 0.4) is 0 Å². The van der Waals surface area contributed by atoms with Crippen molar-refractivity contribution in [1.82, 2.24) is 10.6 Å². The highest BCUT2D eigenvalue weighted by Crippen LogP contribution is 2.30. The van der Waals surface area contributed by atoms with E-state index in [0.717, 1.165) is 55.6 Å². The second kappa shape index (κ2) is 11.4. The zero-order valence-electron chi connectivity index (χ0n) is 19.3. The normalized spacial score (nSPS) is 16.9. The van der Waals surface area contributed by atoms with Crippen LogP contribution in [0.25, 0.3) is 0 Å². The number of hydrogen-bond acceptors (Lipinski definition) is 5. The largest absolute Gasteiger partial charge is 0.497 e. The lowest BCUT2D eigenvalue weighted by molar-refractivity contribution is 0.393. The minimum Gasteiger partial charge on any atom is -0.497 e. The quantitative estimate of drug-likeness (QED) is 0.480. The number of piperidine rings is 1. The number of nitrogens with one attached hydrogen (secondary N) is 2. The smallest absolute Gasteiger partial charge is 0.191 e. The molecule has 0 aromatic heterocycles. The third kappa shape index (κ3) is 7.38. The molecule has 1 unspecified atom stereocenters. The molecule has 170 valence electrons. The first-order valence-electron chi connectivity index (χ1n) is 10.7. The highest BCUT2D eigenvalue weighted by atomic mass is 32.2. The number of anilines is 1. The summed E-state index contributed by atoms with van der Waals surface area (Å²) in [6.07, 6.45) is 2.02. The number of guanidine groups is 1. The Morgan fingerprint density at radius 3 is 2.27 bits per heavy atom. The van der Waals surface area contributed by atoms with Gasteiger partial charge in [0.1, 0.15) is 11.5 Å². The Balaban J connectivity index is 1.91. The molecular weight excluding hydrogens is 400 g/mol. The molecule has 1 aromatic rings. The van der Waals surface area contributed by atoms with Gasteiger partial charge in [0.05, 0.1) is 20.8 Å². The van der Waals surface area contributed by atoms with Crippen LogP contribution in [0.5, 0.6) is 11.5 Å². The van der Waals surface area contributed by atoms with Gasteiger partial charge in [0.2, 0.25) is 0 Å². The molecule has 30 heavy (non-hydrogen) atoms. The first kappa shape index (κ1) is 24.3. The van der Waals surface area contributed by atoms with Crippen LogP contribution in [0, 0.1) is 0 Å². The lowest BCUT2D eigenvalue weighted by Crippen LogP contribution is -2.49. The van der Waals surface area contributed by atoms with Crippen LogP contribution in [-0.4, -0.2) is 67.1 Å². The van der Waals surface area contributed by atoms with E-state index in [1.165, 1.54) is 0 Å². The number of ether oxygens (including phenoxy) is 2. The predicted molar refractivity (Wildman–Crippen MR) is 127 cm³/mol. The van der Waals surface area contributed by atoms with Crippen LogP contribution in [0.15, 0.2) is 23.2 Å². The van der Waals surface area contributed by atoms with Gasteiger partial charge in [-0.2, -0.15) is 0 Å². The van der Waals surface area contributed by atoms with Crippen molar-refractivity contribution >= 4 is 22.4 Å². The maximum atomic E-state index is 12.2. The molecule has 1 aliphatic rings. The summed E-state index contributed by atoms with van der Waals surface area (Å²) >= 11 is 0. The predicted octanol–water partition coefficient (Wildman–Crippen LogP) is 2.77.